The highest BCUT2D eigenvalue weighted by Gasteiger charge is 2.26. The minimum Gasteiger partial charge on any atom is -0.480 e. The highest BCUT2D eigenvalue weighted by Crippen LogP contribution is 2.03. The molecule has 0 bridgehead atoms. The quantitative estimate of drug-likeness (QED) is 0.474. The van der Waals surface area contributed by atoms with E-state index in [0.717, 1.165) is 6.42 Å². The summed E-state index contributed by atoms with van der Waals surface area (Å²) < 4.78 is 0. The summed E-state index contributed by atoms with van der Waals surface area (Å²) in [5.74, 6) is -1.41. The summed E-state index contributed by atoms with van der Waals surface area (Å²) in [6.07, 6.45) is 4.31. The molecule has 1 aliphatic rings. The number of urea groups is 1. The second kappa shape index (κ2) is 6.73. The maximum Gasteiger partial charge on any atom is 0.326 e. The maximum atomic E-state index is 11.8. The second-order valence-electron chi connectivity index (χ2n) is 4.78. The van der Waals surface area contributed by atoms with Crippen molar-refractivity contribution in [3.8, 4) is 0 Å². The molecule has 9 heteroatoms. The van der Waals surface area contributed by atoms with Crippen molar-refractivity contribution in [3.05, 3.63) is 18.2 Å². The predicted molar refractivity (Wildman–Crippen MR) is 71.4 cm³/mol. The molecule has 114 valence electrons. The molecule has 2 rings (SSSR count). The van der Waals surface area contributed by atoms with Crippen LogP contribution in [0.4, 0.5) is 4.79 Å². The van der Waals surface area contributed by atoms with Crippen molar-refractivity contribution in [2.75, 3.05) is 6.54 Å². The van der Waals surface area contributed by atoms with Gasteiger partial charge in [-0.2, -0.15) is 0 Å². The highest BCUT2D eigenvalue weighted by molar-refractivity contribution is 5.89. The topological polar surface area (TPSA) is 136 Å². The van der Waals surface area contributed by atoms with Gasteiger partial charge in [-0.25, -0.2) is 14.6 Å². The number of aliphatic carboxylic acids is 1. The van der Waals surface area contributed by atoms with Crippen LogP contribution in [0.15, 0.2) is 12.5 Å². The summed E-state index contributed by atoms with van der Waals surface area (Å²) in [6, 6.07) is -2.40. The number of aromatic nitrogens is 2. The van der Waals surface area contributed by atoms with Gasteiger partial charge in [-0.15, -0.1) is 0 Å². The van der Waals surface area contributed by atoms with Crippen molar-refractivity contribution >= 4 is 17.9 Å². The molecule has 0 aromatic carbocycles. The Morgan fingerprint density at radius 2 is 2.33 bits per heavy atom. The molecular weight excluding hydrogens is 278 g/mol. The average Bonchev–Trinajstić information content (AvgIpc) is 2.93. The van der Waals surface area contributed by atoms with E-state index in [1.807, 2.05) is 0 Å². The number of carboxylic acid groups (broad SMARTS) is 1. The molecule has 21 heavy (non-hydrogen) atoms. The standard InChI is InChI=1S/C12H17N5O4/c18-10-8(2-1-3-14-10)16-12(21)17-9(11(19)20)4-7-5-13-6-15-7/h5-6,8-9H,1-4H2,(H,13,15)(H,14,18)(H,19,20)(H2,16,17,21). The molecule has 1 aliphatic heterocycles. The molecule has 1 aromatic rings. The first-order valence-corrected chi connectivity index (χ1v) is 6.61. The Bertz CT molecular complexity index is 516. The van der Waals surface area contributed by atoms with Gasteiger partial charge < -0.3 is 26.0 Å². The number of piperidine rings is 1. The Labute approximate surface area is 120 Å². The van der Waals surface area contributed by atoms with E-state index >= 15 is 0 Å². The van der Waals surface area contributed by atoms with E-state index in [2.05, 4.69) is 25.9 Å². The van der Waals surface area contributed by atoms with Gasteiger partial charge in [-0.1, -0.05) is 0 Å². The number of carbonyl (C=O) groups excluding carboxylic acids is 2. The van der Waals surface area contributed by atoms with E-state index in [9.17, 15) is 14.4 Å². The molecule has 1 saturated heterocycles. The van der Waals surface area contributed by atoms with Gasteiger partial charge in [-0.3, -0.25) is 4.79 Å². The Morgan fingerprint density at radius 1 is 1.52 bits per heavy atom. The Balaban J connectivity index is 1.88. The van der Waals surface area contributed by atoms with Crippen LogP contribution in [-0.4, -0.2) is 51.6 Å². The van der Waals surface area contributed by atoms with Gasteiger partial charge in [0.1, 0.15) is 12.1 Å². The third-order valence-corrected chi connectivity index (χ3v) is 3.17. The number of hydrogen-bond acceptors (Lipinski definition) is 4. The molecule has 0 spiro atoms. The number of imidazole rings is 1. The third kappa shape index (κ3) is 4.20. The predicted octanol–water partition coefficient (Wildman–Crippen LogP) is -1.02. The van der Waals surface area contributed by atoms with Crippen molar-refractivity contribution in [3.63, 3.8) is 0 Å². The first kappa shape index (κ1) is 14.8. The zero-order chi connectivity index (χ0) is 15.2. The van der Waals surface area contributed by atoms with E-state index in [-0.39, 0.29) is 12.3 Å². The molecule has 1 aromatic heterocycles. The summed E-state index contributed by atoms with van der Waals surface area (Å²) in [5.41, 5.74) is 0.595. The molecule has 0 radical (unpaired) electrons. The lowest BCUT2D eigenvalue weighted by molar-refractivity contribution is -0.139. The number of aromatic amines is 1. The zero-order valence-corrected chi connectivity index (χ0v) is 11.3. The van der Waals surface area contributed by atoms with Crippen LogP contribution < -0.4 is 16.0 Å². The van der Waals surface area contributed by atoms with Crippen LogP contribution in [0.2, 0.25) is 0 Å². The first-order valence-electron chi connectivity index (χ1n) is 6.61. The summed E-state index contributed by atoms with van der Waals surface area (Å²) in [5, 5.41) is 16.6. The SMILES string of the molecule is O=C(NC(Cc1cnc[nH]1)C(=O)O)NC1CCCNC1=O. The zero-order valence-electron chi connectivity index (χ0n) is 11.3. The van der Waals surface area contributed by atoms with Gasteiger partial charge >= 0.3 is 12.0 Å². The molecule has 0 saturated carbocycles. The number of rotatable bonds is 5. The van der Waals surface area contributed by atoms with Crippen LogP contribution in [0.3, 0.4) is 0 Å². The monoisotopic (exact) mass is 295 g/mol. The summed E-state index contributed by atoms with van der Waals surface area (Å²) >= 11 is 0. The lowest BCUT2D eigenvalue weighted by atomic mass is 10.1. The number of carboxylic acids is 1. The minimum absolute atomic E-state index is 0.0830. The van der Waals surface area contributed by atoms with Crippen LogP contribution in [0.5, 0.6) is 0 Å². The van der Waals surface area contributed by atoms with Crippen LogP contribution in [0.25, 0.3) is 0 Å². The fourth-order valence-corrected chi connectivity index (χ4v) is 2.08. The Morgan fingerprint density at radius 3 is 2.95 bits per heavy atom. The number of nitrogens with one attached hydrogen (secondary N) is 4. The van der Waals surface area contributed by atoms with Gasteiger partial charge in [0, 0.05) is 24.9 Å². The maximum absolute atomic E-state index is 11.8. The minimum atomic E-state index is -1.16. The molecule has 2 heterocycles. The molecule has 1 fully saturated rings. The summed E-state index contributed by atoms with van der Waals surface area (Å²) in [6.45, 7) is 0.593. The van der Waals surface area contributed by atoms with Crippen LogP contribution in [0, 0.1) is 0 Å². The smallest absolute Gasteiger partial charge is 0.326 e. The van der Waals surface area contributed by atoms with Crippen molar-refractivity contribution in [1.29, 1.82) is 0 Å². The van der Waals surface area contributed by atoms with Crippen molar-refractivity contribution in [2.24, 2.45) is 0 Å². The molecule has 0 aliphatic carbocycles. The number of amides is 3. The van der Waals surface area contributed by atoms with Gasteiger partial charge in [0.15, 0.2) is 0 Å². The Hall–Kier alpha value is -2.58. The van der Waals surface area contributed by atoms with E-state index in [1.165, 1.54) is 12.5 Å². The lowest BCUT2D eigenvalue weighted by Gasteiger charge is -2.23. The molecule has 5 N–H and O–H groups in total. The number of hydrogen-bond donors (Lipinski definition) is 5. The van der Waals surface area contributed by atoms with Gasteiger partial charge in [0.2, 0.25) is 5.91 Å². The fraction of sp³-hybridized carbons (Fsp3) is 0.500. The highest BCUT2D eigenvalue weighted by atomic mass is 16.4. The third-order valence-electron chi connectivity index (χ3n) is 3.17. The normalized spacial score (nSPS) is 19.4. The fourth-order valence-electron chi connectivity index (χ4n) is 2.08. The number of nitrogens with zero attached hydrogens (tertiary/aromatic N) is 1. The van der Waals surface area contributed by atoms with E-state index in [4.69, 9.17) is 5.11 Å². The average molecular weight is 295 g/mol. The molecule has 3 amide bonds. The second-order valence-corrected chi connectivity index (χ2v) is 4.78. The van der Waals surface area contributed by atoms with Gasteiger partial charge in [0.25, 0.3) is 0 Å². The van der Waals surface area contributed by atoms with Crippen LogP contribution in [0.1, 0.15) is 18.5 Å². The largest absolute Gasteiger partial charge is 0.480 e. The van der Waals surface area contributed by atoms with Crippen LogP contribution in [-0.2, 0) is 16.0 Å². The van der Waals surface area contributed by atoms with E-state index < -0.39 is 24.1 Å². The van der Waals surface area contributed by atoms with Gasteiger partial charge in [-0.05, 0) is 12.8 Å². The molecule has 9 nitrogen and oxygen atoms in total. The van der Waals surface area contributed by atoms with Gasteiger partial charge in [0.05, 0.1) is 6.33 Å². The summed E-state index contributed by atoms with van der Waals surface area (Å²) in [7, 11) is 0. The number of H-pyrrole nitrogens is 1. The Kier molecular flexibility index (Phi) is 4.75. The van der Waals surface area contributed by atoms with Crippen molar-refractivity contribution in [1.82, 2.24) is 25.9 Å². The first-order chi connectivity index (χ1) is 10.1. The number of carbonyl (C=O) groups is 3. The summed E-state index contributed by atoms with van der Waals surface area (Å²) in [4.78, 5) is 41.1. The van der Waals surface area contributed by atoms with Crippen molar-refractivity contribution < 1.29 is 19.5 Å². The van der Waals surface area contributed by atoms with E-state index in [1.54, 1.807) is 0 Å². The molecule has 2 atom stereocenters. The molecule has 2 unspecified atom stereocenters. The molecular formula is C12H17N5O4. The lowest BCUT2D eigenvalue weighted by Crippen LogP contribution is -2.55. The van der Waals surface area contributed by atoms with Crippen molar-refractivity contribution in [2.45, 2.75) is 31.3 Å². The van der Waals surface area contributed by atoms with E-state index in [0.29, 0.717) is 18.7 Å². The van der Waals surface area contributed by atoms with Crippen LogP contribution >= 0.6 is 0 Å².